The maximum Gasteiger partial charge on any atom is 0.165 e. The molecule has 1 aromatic carbocycles. The number of hydrogen-bond acceptors (Lipinski definition) is 3. The third kappa shape index (κ3) is 3.55. The van der Waals surface area contributed by atoms with Gasteiger partial charge in [-0.2, -0.15) is 0 Å². The van der Waals surface area contributed by atoms with Crippen LogP contribution in [0.2, 0.25) is 0 Å². The van der Waals surface area contributed by atoms with E-state index < -0.39 is 0 Å². The first-order chi connectivity index (χ1) is 10.1. The van der Waals surface area contributed by atoms with Crippen molar-refractivity contribution in [2.45, 2.75) is 44.7 Å². The Balaban J connectivity index is 2.14. The minimum Gasteiger partial charge on any atom is -0.494 e. The molecule has 3 nitrogen and oxygen atoms in total. The Hall–Kier alpha value is -1.13. The van der Waals surface area contributed by atoms with Gasteiger partial charge in [-0.05, 0) is 57.0 Å². The Morgan fingerprint density at radius 1 is 1.38 bits per heavy atom. The van der Waals surface area contributed by atoms with Gasteiger partial charge in [-0.1, -0.05) is 18.9 Å². The van der Waals surface area contributed by atoms with Gasteiger partial charge in [-0.3, -0.25) is 4.90 Å². The van der Waals surface area contributed by atoms with E-state index in [-0.39, 0.29) is 11.9 Å². The lowest BCUT2D eigenvalue weighted by molar-refractivity contribution is 0.0987. The predicted molar refractivity (Wildman–Crippen MR) is 83.9 cm³/mol. The molecule has 1 fully saturated rings. The molecule has 3 atom stereocenters. The van der Waals surface area contributed by atoms with Crippen LogP contribution in [0, 0.1) is 11.7 Å². The van der Waals surface area contributed by atoms with Crippen LogP contribution in [0.1, 0.15) is 44.2 Å². The van der Waals surface area contributed by atoms with Crippen molar-refractivity contribution in [2.24, 2.45) is 11.7 Å². The molecule has 1 aromatic rings. The fraction of sp³-hybridized carbons (Fsp3) is 0.647. The van der Waals surface area contributed by atoms with Gasteiger partial charge in [0.15, 0.2) is 11.6 Å². The summed E-state index contributed by atoms with van der Waals surface area (Å²) in [7, 11) is 3.62. The van der Waals surface area contributed by atoms with Gasteiger partial charge >= 0.3 is 0 Å². The van der Waals surface area contributed by atoms with Crippen LogP contribution in [0.4, 0.5) is 4.39 Å². The van der Waals surface area contributed by atoms with E-state index in [1.807, 2.05) is 6.07 Å². The van der Waals surface area contributed by atoms with Gasteiger partial charge in [0, 0.05) is 12.1 Å². The third-order valence-corrected chi connectivity index (χ3v) is 4.96. The van der Waals surface area contributed by atoms with Crippen LogP contribution < -0.4 is 10.5 Å². The highest BCUT2D eigenvalue weighted by Gasteiger charge is 2.30. The number of methoxy groups -OCH3 is 1. The molecule has 1 aliphatic carbocycles. The summed E-state index contributed by atoms with van der Waals surface area (Å²) in [5.41, 5.74) is 6.91. The van der Waals surface area contributed by atoms with Gasteiger partial charge in [0.2, 0.25) is 0 Å². The summed E-state index contributed by atoms with van der Waals surface area (Å²) in [4.78, 5) is 2.36. The fourth-order valence-electron chi connectivity index (χ4n) is 3.46. The molecule has 2 N–H and O–H groups in total. The highest BCUT2D eigenvalue weighted by molar-refractivity contribution is 5.30. The summed E-state index contributed by atoms with van der Waals surface area (Å²) >= 11 is 0. The van der Waals surface area contributed by atoms with E-state index in [4.69, 9.17) is 10.5 Å². The van der Waals surface area contributed by atoms with Crippen molar-refractivity contribution in [3.05, 3.63) is 29.6 Å². The highest BCUT2D eigenvalue weighted by atomic mass is 19.1. The average molecular weight is 294 g/mol. The van der Waals surface area contributed by atoms with Crippen molar-refractivity contribution in [2.75, 3.05) is 20.7 Å². The molecule has 2 rings (SSSR count). The van der Waals surface area contributed by atoms with Crippen LogP contribution >= 0.6 is 0 Å². The zero-order valence-electron chi connectivity index (χ0n) is 13.3. The van der Waals surface area contributed by atoms with Gasteiger partial charge in [0.1, 0.15) is 0 Å². The number of halogens is 1. The van der Waals surface area contributed by atoms with E-state index >= 15 is 0 Å². The normalized spacial score (nSPS) is 24.1. The molecule has 118 valence electrons. The van der Waals surface area contributed by atoms with Crippen LogP contribution in [-0.4, -0.2) is 31.6 Å². The van der Waals surface area contributed by atoms with Crippen molar-refractivity contribution < 1.29 is 9.13 Å². The molecule has 21 heavy (non-hydrogen) atoms. The van der Waals surface area contributed by atoms with E-state index in [9.17, 15) is 4.39 Å². The molecule has 4 heteroatoms. The summed E-state index contributed by atoms with van der Waals surface area (Å²) in [6.45, 7) is 2.86. The zero-order valence-corrected chi connectivity index (χ0v) is 13.3. The van der Waals surface area contributed by atoms with E-state index in [2.05, 4.69) is 18.9 Å². The SMILES string of the molecule is COc1ccc(C(C)N(C)C2CCCCC2CN)cc1F. The smallest absolute Gasteiger partial charge is 0.165 e. The van der Waals surface area contributed by atoms with Gasteiger partial charge in [0.25, 0.3) is 0 Å². The molecule has 1 saturated carbocycles. The summed E-state index contributed by atoms with van der Waals surface area (Å²) in [6, 6.07) is 5.89. The lowest BCUT2D eigenvalue weighted by Gasteiger charge is -2.40. The minimum atomic E-state index is -0.297. The molecule has 0 aliphatic heterocycles. The molecule has 0 amide bonds. The number of nitrogens with two attached hydrogens (primary N) is 1. The van der Waals surface area contributed by atoms with Gasteiger partial charge in [0.05, 0.1) is 7.11 Å². The summed E-state index contributed by atoms with van der Waals surface area (Å²) < 4.78 is 18.9. The molecule has 3 unspecified atom stereocenters. The standard InChI is InChI=1S/C17H27FN2O/c1-12(13-8-9-17(21-3)15(18)10-13)20(2)16-7-5-4-6-14(16)11-19/h8-10,12,14,16H,4-7,11,19H2,1-3H3. The number of benzene rings is 1. The molecule has 0 spiro atoms. The molecule has 0 saturated heterocycles. The Morgan fingerprint density at radius 3 is 2.71 bits per heavy atom. The topological polar surface area (TPSA) is 38.5 Å². The largest absolute Gasteiger partial charge is 0.494 e. The van der Waals surface area contributed by atoms with Gasteiger partial charge in [-0.15, -0.1) is 0 Å². The summed E-state index contributed by atoms with van der Waals surface area (Å²) in [5, 5.41) is 0. The quantitative estimate of drug-likeness (QED) is 0.905. The molecule has 0 radical (unpaired) electrons. The lowest BCUT2D eigenvalue weighted by Crippen LogP contribution is -2.44. The summed E-state index contributed by atoms with van der Waals surface area (Å²) in [6.07, 6.45) is 4.92. The predicted octanol–water partition coefficient (Wildman–Crippen LogP) is 3.34. The van der Waals surface area contributed by atoms with Crippen molar-refractivity contribution >= 4 is 0 Å². The van der Waals surface area contributed by atoms with Crippen LogP contribution in [0.3, 0.4) is 0 Å². The fourth-order valence-corrected chi connectivity index (χ4v) is 3.46. The Bertz CT molecular complexity index is 466. The Labute approximate surface area is 127 Å². The molecular formula is C17H27FN2O. The van der Waals surface area contributed by atoms with Gasteiger partial charge < -0.3 is 10.5 Å². The monoisotopic (exact) mass is 294 g/mol. The highest BCUT2D eigenvalue weighted by Crippen LogP contribution is 2.33. The van der Waals surface area contributed by atoms with Crippen molar-refractivity contribution in [3.8, 4) is 5.75 Å². The zero-order chi connectivity index (χ0) is 15.4. The number of nitrogens with zero attached hydrogens (tertiary/aromatic N) is 1. The molecular weight excluding hydrogens is 267 g/mol. The maximum atomic E-state index is 13.9. The van der Waals surface area contributed by atoms with Crippen molar-refractivity contribution in [1.29, 1.82) is 0 Å². The van der Waals surface area contributed by atoms with E-state index in [1.54, 1.807) is 12.1 Å². The molecule has 1 aliphatic rings. The van der Waals surface area contributed by atoms with Gasteiger partial charge in [-0.25, -0.2) is 4.39 Å². The second-order valence-corrected chi connectivity index (χ2v) is 6.08. The van der Waals surface area contributed by atoms with E-state index in [0.717, 1.165) is 12.1 Å². The molecule has 0 heterocycles. The number of hydrogen-bond donors (Lipinski definition) is 1. The maximum absolute atomic E-state index is 13.9. The number of ether oxygens (including phenoxy) is 1. The lowest BCUT2D eigenvalue weighted by atomic mass is 9.83. The first-order valence-electron chi connectivity index (χ1n) is 7.84. The van der Waals surface area contributed by atoms with Crippen LogP contribution in [0.25, 0.3) is 0 Å². The minimum absolute atomic E-state index is 0.169. The average Bonchev–Trinajstić information content (AvgIpc) is 2.53. The Kier molecular flexibility index (Phi) is 5.59. The second-order valence-electron chi connectivity index (χ2n) is 6.08. The third-order valence-electron chi connectivity index (χ3n) is 4.96. The molecule has 0 bridgehead atoms. The van der Waals surface area contributed by atoms with E-state index in [1.165, 1.54) is 32.8 Å². The Morgan fingerprint density at radius 2 is 2.10 bits per heavy atom. The van der Waals surface area contributed by atoms with Crippen molar-refractivity contribution in [1.82, 2.24) is 4.90 Å². The molecule has 0 aromatic heterocycles. The van der Waals surface area contributed by atoms with E-state index in [0.29, 0.717) is 17.7 Å². The van der Waals surface area contributed by atoms with Crippen LogP contribution in [0.15, 0.2) is 18.2 Å². The second kappa shape index (κ2) is 7.23. The van der Waals surface area contributed by atoms with Crippen LogP contribution in [-0.2, 0) is 0 Å². The number of rotatable bonds is 5. The van der Waals surface area contributed by atoms with Crippen molar-refractivity contribution in [3.63, 3.8) is 0 Å². The summed E-state index contributed by atoms with van der Waals surface area (Å²) in [5.74, 6) is 0.551. The van der Waals surface area contributed by atoms with Crippen LogP contribution in [0.5, 0.6) is 5.75 Å². The first kappa shape index (κ1) is 16.2. The first-order valence-corrected chi connectivity index (χ1v) is 7.84.